The number of rotatable bonds is 4. The van der Waals surface area contributed by atoms with Crippen LogP contribution in [0, 0.1) is 0 Å². The maximum Gasteiger partial charge on any atom is 0.338 e. The minimum Gasteiger partial charge on any atom is -0.508 e. The molecular weight excluding hydrogens is 484 g/mol. The molecule has 0 saturated heterocycles. The van der Waals surface area contributed by atoms with Crippen LogP contribution < -0.4 is 4.74 Å². The average Bonchev–Trinajstić information content (AvgIpc) is 2.58. The lowest BCUT2D eigenvalue weighted by Crippen LogP contribution is -2.07. The summed E-state index contributed by atoms with van der Waals surface area (Å²) < 4.78 is 16.0. The fourth-order valence-electron chi connectivity index (χ4n) is 1.95. The Bertz CT molecular complexity index is 785. The molecule has 0 amide bonds. The van der Waals surface area contributed by atoms with Gasteiger partial charge in [0, 0.05) is 8.95 Å². The van der Waals surface area contributed by atoms with Gasteiger partial charge >= 0.3 is 11.9 Å². The number of ether oxygens (including phenoxy) is 3. The molecule has 0 aliphatic carbocycles. The van der Waals surface area contributed by atoms with Gasteiger partial charge in [-0.05, 0) is 50.2 Å². The van der Waals surface area contributed by atoms with Gasteiger partial charge < -0.3 is 19.3 Å². The van der Waals surface area contributed by atoms with E-state index in [9.17, 15) is 9.59 Å². The number of halogens is 2. The van der Waals surface area contributed by atoms with Crippen LogP contribution in [0.15, 0.2) is 45.3 Å². The van der Waals surface area contributed by atoms with Gasteiger partial charge in [-0.25, -0.2) is 9.59 Å². The molecule has 0 heterocycles. The van der Waals surface area contributed by atoms with Crippen LogP contribution in [-0.4, -0.2) is 37.4 Å². The van der Waals surface area contributed by atoms with E-state index in [1.165, 1.54) is 26.4 Å². The zero-order chi connectivity index (χ0) is 20.6. The molecule has 0 unspecified atom stereocenters. The van der Waals surface area contributed by atoms with Gasteiger partial charge in [0.1, 0.15) is 11.5 Å². The number of carbonyl (C=O) groups excluding carboxylic acids is 2. The zero-order valence-corrected chi connectivity index (χ0v) is 18.5. The number of hydrogen-bond acceptors (Lipinski definition) is 6. The molecule has 6 nitrogen and oxygen atoms in total. The first-order chi connectivity index (χ1) is 12.7. The van der Waals surface area contributed by atoms with Crippen molar-refractivity contribution < 1.29 is 28.9 Å². The number of benzene rings is 2. The smallest absolute Gasteiger partial charge is 0.338 e. The van der Waals surface area contributed by atoms with Crippen LogP contribution in [0.4, 0.5) is 0 Å². The molecule has 0 aliphatic rings. The SMILES string of the molecule is COC(=O)c1cc(Br)cc(OC(C)C)c1.COC(=O)c1cc(O)cc(Br)c1. The van der Waals surface area contributed by atoms with Gasteiger partial charge in [0.2, 0.25) is 0 Å². The molecule has 146 valence electrons. The van der Waals surface area contributed by atoms with Gasteiger partial charge in [-0.15, -0.1) is 0 Å². The number of methoxy groups -OCH3 is 2. The quantitative estimate of drug-likeness (QED) is 0.593. The highest BCUT2D eigenvalue weighted by Crippen LogP contribution is 2.23. The highest BCUT2D eigenvalue weighted by molar-refractivity contribution is 9.10. The molecule has 0 aliphatic heterocycles. The van der Waals surface area contributed by atoms with Crippen LogP contribution in [0.1, 0.15) is 34.6 Å². The van der Waals surface area contributed by atoms with Crippen LogP contribution in [0.2, 0.25) is 0 Å². The molecule has 2 aromatic rings. The molecule has 2 aromatic carbocycles. The lowest BCUT2D eigenvalue weighted by Gasteiger charge is -2.11. The largest absolute Gasteiger partial charge is 0.508 e. The van der Waals surface area contributed by atoms with E-state index in [0.29, 0.717) is 21.3 Å². The lowest BCUT2D eigenvalue weighted by atomic mass is 10.2. The van der Waals surface area contributed by atoms with Crippen molar-refractivity contribution in [3.8, 4) is 11.5 Å². The summed E-state index contributed by atoms with van der Waals surface area (Å²) in [5.41, 5.74) is 0.798. The number of esters is 2. The highest BCUT2D eigenvalue weighted by atomic mass is 79.9. The number of phenols is 1. The van der Waals surface area contributed by atoms with Crippen LogP contribution in [0.25, 0.3) is 0 Å². The second-order valence-corrected chi connectivity index (χ2v) is 7.35. The predicted molar refractivity (Wildman–Crippen MR) is 108 cm³/mol. The maximum atomic E-state index is 11.3. The van der Waals surface area contributed by atoms with E-state index in [-0.39, 0.29) is 17.8 Å². The number of hydrogen-bond donors (Lipinski definition) is 1. The van der Waals surface area contributed by atoms with Crippen molar-refractivity contribution in [2.24, 2.45) is 0 Å². The van der Waals surface area contributed by atoms with E-state index in [2.05, 4.69) is 41.3 Å². The third-order valence-corrected chi connectivity index (χ3v) is 3.88. The number of aromatic hydroxyl groups is 1. The van der Waals surface area contributed by atoms with Gasteiger partial charge in [-0.3, -0.25) is 0 Å². The van der Waals surface area contributed by atoms with E-state index in [4.69, 9.17) is 9.84 Å². The van der Waals surface area contributed by atoms with Gasteiger partial charge in [-0.2, -0.15) is 0 Å². The van der Waals surface area contributed by atoms with Crippen LogP contribution >= 0.6 is 31.9 Å². The molecule has 27 heavy (non-hydrogen) atoms. The Morgan fingerprint density at radius 1 is 0.852 bits per heavy atom. The first-order valence-electron chi connectivity index (χ1n) is 7.79. The normalized spacial score (nSPS) is 9.89. The molecule has 0 radical (unpaired) electrons. The van der Waals surface area contributed by atoms with Crippen LogP contribution in [-0.2, 0) is 9.47 Å². The monoisotopic (exact) mass is 502 g/mol. The second kappa shape index (κ2) is 10.9. The predicted octanol–water partition coefficient (Wildman–Crippen LogP) is 4.96. The molecule has 0 aromatic heterocycles. The highest BCUT2D eigenvalue weighted by Gasteiger charge is 2.09. The summed E-state index contributed by atoms with van der Waals surface area (Å²) in [7, 11) is 2.65. The van der Waals surface area contributed by atoms with E-state index < -0.39 is 5.97 Å². The van der Waals surface area contributed by atoms with Gasteiger partial charge in [0.15, 0.2) is 0 Å². The molecule has 0 bridgehead atoms. The van der Waals surface area contributed by atoms with Gasteiger partial charge in [-0.1, -0.05) is 31.9 Å². The summed E-state index contributed by atoms with van der Waals surface area (Å²) in [6.07, 6.45) is 0.0739. The second-order valence-electron chi connectivity index (χ2n) is 5.52. The van der Waals surface area contributed by atoms with Crippen molar-refractivity contribution in [2.75, 3.05) is 14.2 Å². The van der Waals surface area contributed by atoms with Gasteiger partial charge in [0.05, 0.1) is 31.5 Å². The molecule has 1 N–H and O–H groups in total. The summed E-state index contributed by atoms with van der Waals surface area (Å²) >= 11 is 6.46. The Morgan fingerprint density at radius 3 is 1.78 bits per heavy atom. The molecule has 0 spiro atoms. The van der Waals surface area contributed by atoms with E-state index >= 15 is 0 Å². The van der Waals surface area contributed by atoms with Gasteiger partial charge in [0.25, 0.3) is 0 Å². The van der Waals surface area contributed by atoms with Crippen molar-refractivity contribution in [3.05, 3.63) is 56.5 Å². The molecule has 8 heteroatoms. The summed E-state index contributed by atoms with van der Waals surface area (Å²) in [4.78, 5) is 22.3. The third-order valence-electron chi connectivity index (χ3n) is 2.97. The topological polar surface area (TPSA) is 82.1 Å². The molecule has 0 saturated carbocycles. The summed E-state index contributed by atoms with van der Waals surface area (Å²) in [5, 5.41) is 9.10. The fraction of sp³-hybridized carbons (Fsp3) is 0.263. The lowest BCUT2D eigenvalue weighted by molar-refractivity contribution is 0.0591. The summed E-state index contributed by atoms with van der Waals surface area (Å²) in [6.45, 7) is 3.86. The van der Waals surface area contributed by atoms with Crippen LogP contribution in [0.5, 0.6) is 11.5 Å². The molecule has 2 rings (SSSR count). The fourth-order valence-corrected chi connectivity index (χ4v) is 2.90. The number of carbonyl (C=O) groups is 2. The van der Waals surface area contributed by atoms with E-state index in [1.807, 2.05) is 19.9 Å². The Labute approximate surface area is 174 Å². The first kappa shape index (κ1) is 23.0. The Kier molecular flexibility index (Phi) is 9.31. The third kappa shape index (κ3) is 8.01. The van der Waals surface area contributed by atoms with Crippen LogP contribution in [0.3, 0.4) is 0 Å². The standard InChI is InChI=1S/C11H13BrO3.C8H7BrO3/c1-7(2)15-10-5-8(11(13)14-3)4-9(12)6-10;1-12-8(11)5-2-6(9)4-7(10)3-5/h4-7H,1-3H3;2-4,10H,1H3. The Morgan fingerprint density at radius 2 is 1.33 bits per heavy atom. The van der Waals surface area contributed by atoms with E-state index in [0.717, 1.165) is 4.47 Å². The van der Waals surface area contributed by atoms with Crippen molar-refractivity contribution >= 4 is 43.8 Å². The maximum absolute atomic E-state index is 11.3. The number of phenolic OH excluding ortho intramolecular Hbond substituents is 1. The Balaban J connectivity index is 0.000000277. The van der Waals surface area contributed by atoms with Crippen molar-refractivity contribution in [1.29, 1.82) is 0 Å². The van der Waals surface area contributed by atoms with Crippen molar-refractivity contribution in [1.82, 2.24) is 0 Å². The minimum atomic E-state index is -0.466. The van der Waals surface area contributed by atoms with Crippen molar-refractivity contribution in [3.63, 3.8) is 0 Å². The molecule has 0 fully saturated rings. The summed E-state index contributed by atoms with van der Waals surface area (Å²) in [5.74, 6) is -0.152. The molecule has 0 atom stereocenters. The zero-order valence-electron chi connectivity index (χ0n) is 15.3. The Hall–Kier alpha value is -2.06. The van der Waals surface area contributed by atoms with Crippen molar-refractivity contribution in [2.45, 2.75) is 20.0 Å². The average molecular weight is 504 g/mol. The minimum absolute atomic E-state index is 0.0322. The summed E-state index contributed by atoms with van der Waals surface area (Å²) in [6, 6.07) is 9.58. The first-order valence-corrected chi connectivity index (χ1v) is 9.38. The van der Waals surface area contributed by atoms with E-state index in [1.54, 1.807) is 18.2 Å². The molecular formula is C19H20Br2O6.